The van der Waals surface area contributed by atoms with Crippen LogP contribution < -0.4 is 11.7 Å². The van der Waals surface area contributed by atoms with E-state index >= 15 is 0 Å². The first kappa shape index (κ1) is 23.0. The summed E-state index contributed by atoms with van der Waals surface area (Å²) in [6.07, 6.45) is 10.1. The van der Waals surface area contributed by atoms with E-state index in [1.165, 1.54) is 5.57 Å². The van der Waals surface area contributed by atoms with Gasteiger partial charge in [0, 0.05) is 16.7 Å². The molecular formula is C25H38N4O4. The zero-order valence-electron chi connectivity index (χ0n) is 19.9. The number of allylic oxidation sites excluding steroid dienone is 4. The summed E-state index contributed by atoms with van der Waals surface area (Å²) < 4.78 is 13.1. The molecule has 5 rings (SSSR count). The molecule has 182 valence electrons. The summed E-state index contributed by atoms with van der Waals surface area (Å²) in [5.74, 6) is 12.0. The van der Waals surface area contributed by atoms with E-state index in [1.807, 2.05) is 6.08 Å². The van der Waals surface area contributed by atoms with Crippen LogP contribution in [0.3, 0.4) is 0 Å². The zero-order valence-corrected chi connectivity index (χ0v) is 19.9. The second kappa shape index (κ2) is 7.90. The molecule has 6 N–H and O–H groups in total. The number of hydrogen-bond donors (Lipinski definition) is 4. The van der Waals surface area contributed by atoms with E-state index in [1.54, 1.807) is 0 Å². The third kappa shape index (κ3) is 2.90. The molecule has 4 fully saturated rings. The van der Waals surface area contributed by atoms with Crippen LogP contribution in [0, 0.1) is 28.6 Å². The Hall–Kier alpha value is -1.74. The molecule has 0 aromatic carbocycles. The Morgan fingerprint density at radius 2 is 2.09 bits per heavy atom. The largest absolute Gasteiger partial charge is 0.393 e. The van der Waals surface area contributed by atoms with Gasteiger partial charge in [-0.1, -0.05) is 38.8 Å². The van der Waals surface area contributed by atoms with Gasteiger partial charge >= 0.3 is 0 Å². The van der Waals surface area contributed by atoms with E-state index in [-0.39, 0.29) is 36.3 Å². The summed E-state index contributed by atoms with van der Waals surface area (Å²) in [4.78, 5) is 0. The van der Waals surface area contributed by atoms with Crippen LogP contribution in [0.4, 0.5) is 0 Å². The van der Waals surface area contributed by atoms with Gasteiger partial charge in [-0.2, -0.15) is 10.2 Å². The summed E-state index contributed by atoms with van der Waals surface area (Å²) in [5.41, 5.74) is 0.914. The van der Waals surface area contributed by atoms with Crippen LogP contribution >= 0.6 is 0 Å². The van der Waals surface area contributed by atoms with Crippen molar-refractivity contribution >= 4 is 11.4 Å². The molecule has 1 saturated heterocycles. The standard InChI is InChI=1S/C25H38N4O4/c1-4-5-21-32-20-11-17-16-7-6-14-10-15(28-26)8-9-23(14,2)22(16)18(31)12-24(17,3)25(20,33-21)19(13-30)29-27/h8-10,16-18,20-22,30-31H,4-7,11-13,26-27H2,1-3H3/b28-15+,29-19+/t16?,17?,18?,20-,21?,22?,23-,24-,25+/m0/s1. The predicted octanol–water partition coefficient (Wildman–Crippen LogP) is 2.21. The Morgan fingerprint density at radius 3 is 2.76 bits per heavy atom. The van der Waals surface area contributed by atoms with Crippen LogP contribution in [0.15, 0.2) is 34.0 Å². The van der Waals surface area contributed by atoms with Crippen LogP contribution in [0.25, 0.3) is 0 Å². The lowest BCUT2D eigenvalue weighted by Gasteiger charge is -2.60. The third-order valence-electron chi connectivity index (χ3n) is 9.71. The van der Waals surface area contributed by atoms with E-state index < -0.39 is 17.1 Å². The Morgan fingerprint density at radius 1 is 1.30 bits per heavy atom. The summed E-state index contributed by atoms with van der Waals surface area (Å²) in [5, 5.41) is 29.9. The molecule has 33 heavy (non-hydrogen) atoms. The Labute approximate surface area is 195 Å². The molecule has 3 saturated carbocycles. The van der Waals surface area contributed by atoms with Gasteiger partial charge in [0.2, 0.25) is 0 Å². The maximum Gasteiger partial charge on any atom is 0.159 e. The predicted molar refractivity (Wildman–Crippen MR) is 126 cm³/mol. The minimum atomic E-state index is -0.911. The number of fused-ring (bicyclic) bond motifs is 7. The average molecular weight is 459 g/mol. The van der Waals surface area contributed by atoms with Crippen molar-refractivity contribution in [2.75, 3.05) is 6.61 Å². The molecule has 8 heteroatoms. The minimum Gasteiger partial charge on any atom is -0.393 e. The van der Waals surface area contributed by atoms with Gasteiger partial charge in [0.1, 0.15) is 5.60 Å². The summed E-state index contributed by atoms with van der Waals surface area (Å²) >= 11 is 0. The van der Waals surface area contributed by atoms with Gasteiger partial charge in [-0.15, -0.1) is 0 Å². The average Bonchev–Trinajstić information content (AvgIpc) is 3.26. The van der Waals surface area contributed by atoms with Crippen molar-refractivity contribution < 1.29 is 19.7 Å². The summed E-state index contributed by atoms with van der Waals surface area (Å²) in [6.45, 7) is 6.25. The van der Waals surface area contributed by atoms with Gasteiger partial charge in [0.15, 0.2) is 6.29 Å². The molecule has 5 unspecified atom stereocenters. The van der Waals surface area contributed by atoms with Crippen molar-refractivity contribution in [1.29, 1.82) is 0 Å². The molecule has 8 nitrogen and oxygen atoms in total. The highest BCUT2D eigenvalue weighted by molar-refractivity contribution is 6.05. The maximum atomic E-state index is 11.7. The van der Waals surface area contributed by atoms with E-state index in [0.29, 0.717) is 18.1 Å². The van der Waals surface area contributed by atoms with Crippen molar-refractivity contribution in [3.05, 3.63) is 23.8 Å². The maximum absolute atomic E-state index is 11.7. The number of hydrogen-bond acceptors (Lipinski definition) is 8. The van der Waals surface area contributed by atoms with Crippen LogP contribution in [0.1, 0.15) is 59.3 Å². The first-order valence-electron chi connectivity index (χ1n) is 12.4. The normalized spacial score (nSPS) is 49.9. The first-order valence-corrected chi connectivity index (χ1v) is 12.4. The topological polar surface area (TPSA) is 136 Å². The number of rotatable bonds is 4. The molecule has 0 aromatic heterocycles. The van der Waals surface area contributed by atoms with Gasteiger partial charge < -0.3 is 31.4 Å². The zero-order chi connectivity index (χ0) is 23.6. The van der Waals surface area contributed by atoms with Gasteiger partial charge in [-0.25, -0.2) is 0 Å². The first-order chi connectivity index (χ1) is 15.8. The van der Waals surface area contributed by atoms with Gasteiger partial charge in [0.05, 0.1) is 30.2 Å². The van der Waals surface area contributed by atoms with E-state index in [2.05, 4.69) is 43.1 Å². The van der Waals surface area contributed by atoms with E-state index in [0.717, 1.165) is 37.8 Å². The highest BCUT2D eigenvalue weighted by Crippen LogP contribution is 2.69. The van der Waals surface area contributed by atoms with Gasteiger partial charge in [-0.3, -0.25) is 0 Å². The smallest absolute Gasteiger partial charge is 0.159 e. The van der Waals surface area contributed by atoms with Crippen LogP contribution in [-0.4, -0.2) is 52.3 Å². The molecule has 0 amide bonds. The highest BCUT2D eigenvalue weighted by atomic mass is 16.7. The Balaban J connectivity index is 1.56. The molecule has 5 aliphatic rings. The molecule has 4 aliphatic carbocycles. The van der Waals surface area contributed by atoms with Crippen LogP contribution in [0.2, 0.25) is 0 Å². The molecule has 0 radical (unpaired) electrons. The molecule has 1 aliphatic heterocycles. The lowest BCUT2D eigenvalue weighted by atomic mass is 9.46. The number of nitrogens with zero attached hydrogens (tertiary/aromatic N) is 2. The summed E-state index contributed by atoms with van der Waals surface area (Å²) in [6, 6.07) is 0. The second-order valence-corrected chi connectivity index (χ2v) is 11.0. The lowest BCUT2D eigenvalue weighted by Crippen LogP contribution is -2.63. The van der Waals surface area contributed by atoms with Crippen molar-refractivity contribution in [1.82, 2.24) is 0 Å². The highest BCUT2D eigenvalue weighted by Gasteiger charge is 2.74. The fourth-order valence-electron chi connectivity index (χ4n) is 8.37. The SMILES string of the molecule is CCCC1O[C@H]2CC3C4CCC5=C/C(=N/N)C=C[C@]5(C)C4C(O)C[C@]3(C)[C@]2(/C(CO)=N/N)O1. The van der Waals surface area contributed by atoms with Gasteiger partial charge in [-0.05, 0) is 56.1 Å². The summed E-state index contributed by atoms with van der Waals surface area (Å²) in [7, 11) is 0. The van der Waals surface area contributed by atoms with Crippen LogP contribution in [-0.2, 0) is 9.47 Å². The quantitative estimate of drug-likeness (QED) is 0.290. The van der Waals surface area contributed by atoms with E-state index in [9.17, 15) is 10.2 Å². The lowest BCUT2D eigenvalue weighted by molar-refractivity contribution is -0.176. The third-order valence-corrected chi connectivity index (χ3v) is 9.71. The Kier molecular flexibility index (Phi) is 5.51. The van der Waals surface area contributed by atoms with E-state index in [4.69, 9.17) is 21.2 Å². The van der Waals surface area contributed by atoms with Crippen LogP contribution in [0.5, 0.6) is 0 Å². The van der Waals surface area contributed by atoms with Crippen molar-refractivity contribution in [3.63, 3.8) is 0 Å². The molecule has 1 heterocycles. The number of aliphatic hydroxyl groups excluding tert-OH is 2. The molecule has 9 atom stereocenters. The fraction of sp³-hybridized carbons (Fsp3) is 0.760. The Bertz CT molecular complexity index is 931. The molecule has 0 spiro atoms. The minimum absolute atomic E-state index is 0.0841. The number of hydrazone groups is 2. The second-order valence-electron chi connectivity index (χ2n) is 11.0. The van der Waals surface area contributed by atoms with Crippen molar-refractivity contribution in [2.24, 2.45) is 50.5 Å². The van der Waals surface area contributed by atoms with Crippen molar-refractivity contribution in [2.45, 2.75) is 83.4 Å². The molecule has 0 bridgehead atoms. The monoisotopic (exact) mass is 458 g/mol. The van der Waals surface area contributed by atoms with Gasteiger partial charge in [0.25, 0.3) is 0 Å². The molecular weight excluding hydrogens is 420 g/mol. The van der Waals surface area contributed by atoms with Crippen molar-refractivity contribution in [3.8, 4) is 0 Å². The molecule has 0 aromatic rings. The fourth-order valence-corrected chi connectivity index (χ4v) is 8.37. The number of aliphatic hydroxyl groups is 2. The number of ether oxygens (including phenoxy) is 2. The number of nitrogens with two attached hydrogens (primary N) is 2.